The molecule has 0 aromatic heterocycles. The van der Waals surface area contributed by atoms with E-state index in [1.54, 1.807) is 13.8 Å². The number of hydrogen-bond acceptors (Lipinski definition) is 1. The highest BCUT2D eigenvalue weighted by Crippen LogP contribution is 2.25. The Hall–Kier alpha value is -0.180. The van der Waals surface area contributed by atoms with Gasteiger partial charge < -0.3 is 4.90 Å². The molecule has 0 unspecified atom stereocenters. The molecule has 1 aliphatic heterocycles. The predicted molar refractivity (Wildman–Crippen MR) is 70.7 cm³/mol. The summed E-state index contributed by atoms with van der Waals surface area (Å²) in [5.41, 5.74) is 0. The lowest BCUT2D eigenvalue weighted by Gasteiger charge is -2.26. The topological polar surface area (TPSA) is 3.24 Å². The van der Waals surface area contributed by atoms with Crippen LogP contribution in [0, 0.1) is 5.92 Å². The zero-order valence-corrected chi connectivity index (χ0v) is 11.9. The largest absolute Gasteiger partial charge is 0.306 e. The molecule has 0 bridgehead atoms. The van der Waals surface area contributed by atoms with Crippen LogP contribution >= 0.6 is 0 Å². The number of alkyl halides is 2. The van der Waals surface area contributed by atoms with Gasteiger partial charge in [0.2, 0.25) is 5.92 Å². The number of rotatable bonds is 4. The molecule has 0 saturated carbocycles. The maximum absolute atomic E-state index is 12.4. The monoisotopic (exact) mass is 249 g/mol. The van der Waals surface area contributed by atoms with Gasteiger partial charge in [0.15, 0.2) is 0 Å². The van der Waals surface area contributed by atoms with Crippen molar-refractivity contribution in [3.8, 4) is 0 Å². The van der Waals surface area contributed by atoms with Gasteiger partial charge in [0.1, 0.15) is 0 Å². The van der Waals surface area contributed by atoms with E-state index < -0.39 is 5.92 Å². The molecule has 1 rings (SSSR count). The van der Waals surface area contributed by atoms with E-state index in [9.17, 15) is 8.78 Å². The quantitative estimate of drug-likeness (QED) is 0.705. The van der Waals surface area contributed by atoms with Gasteiger partial charge in [0.25, 0.3) is 0 Å². The molecule has 17 heavy (non-hydrogen) atoms. The average Bonchev–Trinajstić information content (AvgIpc) is 2.23. The van der Waals surface area contributed by atoms with Gasteiger partial charge in [-0.15, -0.1) is 0 Å². The summed E-state index contributed by atoms with van der Waals surface area (Å²) in [7, 11) is 2.20. The minimum absolute atomic E-state index is 0.0425. The Kier molecular flexibility index (Phi) is 8.75. The normalized spacial score (nSPS) is 18.7. The third-order valence-electron chi connectivity index (χ3n) is 3.24. The van der Waals surface area contributed by atoms with E-state index in [1.165, 1.54) is 25.9 Å². The lowest BCUT2D eigenvalue weighted by atomic mass is 10.00. The highest BCUT2D eigenvalue weighted by molar-refractivity contribution is 4.65. The van der Waals surface area contributed by atoms with E-state index in [4.69, 9.17) is 0 Å². The third kappa shape index (κ3) is 9.51. The standard InChI is InChI=1S/C7H14F2.C7H15N/c1-3-5-7(8,9)6-4-2;1-7-3-5-8(2)6-4-7/h3-6H2,1-2H3;7H,3-6H2,1-2H3. The van der Waals surface area contributed by atoms with Crippen LogP contribution < -0.4 is 0 Å². The Morgan fingerprint density at radius 3 is 1.76 bits per heavy atom. The number of nitrogens with zero attached hydrogens (tertiary/aromatic N) is 1. The van der Waals surface area contributed by atoms with E-state index in [0.717, 1.165) is 5.92 Å². The molecule has 1 aliphatic rings. The maximum Gasteiger partial charge on any atom is 0.248 e. The Balaban J connectivity index is 0.000000302. The van der Waals surface area contributed by atoms with Crippen LogP contribution in [0.4, 0.5) is 8.78 Å². The fourth-order valence-electron chi connectivity index (χ4n) is 1.99. The second kappa shape index (κ2) is 8.84. The van der Waals surface area contributed by atoms with Crippen molar-refractivity contribution >= 4 is 0 Å². The second-order valence-electron chi connectivity index (χ2n) is 5.34. The second-order valence-corrected chi connectivity index (χ2v) is 5.34. The highest BCUT2D eigenvalue weighted by Gasteiger charge is 2.25. The molecule has 1 fully saturated rings. The van der Waals surface area contributed by atoms with Crippen LogP contribution in [0.15, 0.2) is 0 Å². The lowest BCUT2D eigenvalue weighted by molar-refractivity contribution is -0.0173. The first-order valence-electron chi connectivity index (χ1n) is 6.97. The number of piperidine rings is 1. The summed E-state index contributed by atoms with van der Waals surface area (Å²) in [4.78, 5) is 2.40. The molecule has 0 spiro atoms. The Morgan fingerprint density at radius 1 is 1.06 bits per heavy atom. The third-order valence-corrected chi connectivity index (χ3v) is 3.24. The molecule has 0 N–H and O–H groups in total. The molecule has 0 aromatic carbocycles. The molecule has 0 atom stereocenters. The van der Waals surface area contributed by atoms with Crippen molar-refractivity contribution in [1.29, 1.82) is 0 Å². The smallest absolute Gasteiger partial charge is 0.248 e. The van der Waals surface area contributed by atoms with Crippen LogP contribution in [0.2, 0.25) is 0 Å². The van der Waals surface area contributed by atoms with Gasteiger partial charge in [-0.05, 0) is 38.9 Å². The SMILES string of the molecule is CC1CCN(C)CC1.CCCC(F)(F)CCC. The molecule has 0 aliphatic carbocycles. The highest BCUT2D eigenvalue weighted by atomic mass is 19.3. The van der Waals surface area contributed by atoms with Crippen molar-refractivity contribution in [2.45, 2.75) is 65.2 Å². The van der Waals surface area contributed by atoms with Crippen molar-refractivity contribution in [2.75, 3.05) is 20.1 Å². The van der Waals surface area contributed by atoms with Crippen molar-refractivity contribution in [3.05, 3.63) is 0 Å². The Labute approximate surface area is 106 Å². The average molecular weight is 249 g/mol. The van der Waals surface area contributed by atoms with Gasteiger partial charge in [0, 0.05) is 12.8 Å². The van der Waals surface area contributed by atoms with Gasteiger partial charge in [-0.25, -0.2) is 8.78 Å². The molecule has 0 aromatic rings. The maximum atomic E-state index is 12.4. The zero-order valence-electron chi connectivity index (χ0n) is 11.9. The summed E-state index contributed by atoms with van der Waals surface area (Å²) in [5, 5.41) is 0. The summed E-state index contributed by atoms with van der Waals surface area (Å²) < 4.78 is 24.8. The predicted octanol–water partition coefficient (Wildman–Crippen LogP) is 4.57. The number of halogens is 2. The first-order chi connectivity index (χ1) is 7.91. The molecule has 1 nitrogen and oxygen atoms in total. The van der Waals surface area contributed by atoms with Gasteiger partial charge in [-0.3, -0.25) is 0 Å². The summed E-state index contributed by atoms with van der Waals surface area (Å²) >= 11 is 0. The Bertz CT molecular complexity index is 157. The molecule has 104 valence electrons. The van der Waals surface area contributed by atoms with Crippen LogP contribution in [0.5, 0.6) is 0 Å². The van der Waals surface area contributed by atoms with Crippen molar-refractivity contribution in [2.24, 2.45) is 5.92 Å². The first-order valence-corrected chi connectivity index (χ1v) is 6.97. The van der Waals surface area contributed by atoms with Gasteiger partial charge in [-0.2, -0.15) is 0 Å². The van der Waals surface area contributed by atoms with E-state index in [1.807, 2.05) is 0 Å². The number of hydrogen-bond donors (Lipinski definition) is 0. The van der Waals surface area contributed by atoms with Crippen LogP contribution in [-0.4, -0.2) is 31.0 Å². The molecule has 1 heterocycles. The van der Waals surface area contributed by atoms with Crippen LogP contribution in [0.3, 0.4) is 0 Å². The van der Waals surface area contributed by atoms with Gasteiger partial charge >= 0.3 is 0 Å². The molecule has 3 heteroatoms. The lowest BCUT2D eigenvalue weighted by Crippen LogP contribution is -2.28. The molecular formula is C14H29F2N. The summed E-state index contributed by atoms with van der Waals surface area (Å²) in [6, 6.07) is 0. The molecule has 1 saturated heterocycles. The minimum atomic E-state index is -2.40. The fourth-order valence-corrected chi connectivity index (χ4v) is 1.99. The fraction of sp³-hybridized carbons (Fsp3) is 1.00. The number of likely N-dealkylation sites (tertiary alicyclic amines) is 1. The van der Waals surface area contributed by atoms with Gasteiger partial charge in [-0.1, -0.05) is 33.6 Å². The molecular weight excluding hydrogens is 220 g/mol. The zero-order chi connectivity index (χ0) is 13.3. The Morgan fingerprint density at radius 2 is 1.47 bits per heavy atom. The van der Waals surface area contributed by atoms with Crippen LogP contribution in [-0.2, 0) is 0 Å². The minimum Gasteiger partial charge on any atom is -0.306 e. The van der Waals surface area contributed by atoms with Crippen LogP contribution in [0.1, 0.15) is 59.3 Å². The van der Waals surface area contributed by atoms with Crippen molar-refractivity contribution in [3.63, 3.8) is 0 Å². The molecule has 0 amide bonds. The summed E-state index contributed by atoms with van der Waals surface area (Å²) in [6.07, 6.45) is 4.04. The van der Waals surface area contributed by atoms with E-state index in [0.29, 0.717) is 12.8 Å². The van der Waals surface area contributed by atoms with Gasteiger partial charge in [0.05, 0.1) is 0 Å². The van der Waals surface area contributed by atoms with E-state index in [-0.39, 0.29) is 12.8 Å². The summed E-state index contributed by atoms with van der Waals surface area (Å²) in [5.74, 6) is -1.42. The van der Waals surface area contributed by atoms with Crippen molar-refractivity contribution in [1.82, 2.24) is 4.90 Å². The van der Waals surface area contributed by atoms with E-state index >= 15 is 0 Å². The van der Waals surface area contributed by atoms with E-state index in [2.05, 4.69) is 18.9 Å². The summed E-state index contributed by atoms with van der Waals surface area (Å²) in [6.45, 7) is 8.52. The van der Waals surface area contributed by atoms with Crippen LogP contribution in [0.25, 0.3) is 0 Å². The van der Waals surface area contributed by atoms with Crippen molar-refractivity contribution < 1.29 is 8.78 Å². The first kappa shape index (κ1) is 16.8. The molecule has 0 radical (unpaired) electrons.